The number of carbonyl (C=O) groups is 2. The van der Waals surface area contributed by atoms with Crippen molar-refractivity contribution in [1.29, 1.82) is 0 Å². The van der Waals surface area contributed by atoms with Gasteiger partial charge in [-0.1, -0.05) is 19.1 Å². The van der Waals surface area contributed by atoms with Gasteiger partial charge in [0.25, 0.3) is 11.8 Å². The Balaban J connectivity index is 2.53. The van der Waals surface area contributed by atoms with Crippen LogP contribution in [0.25, 0.3) is 0 Å². The van der Waals surface area contributed by atoms with Gasteiger partial charge in [-0.05, 0) is 20.3 Å². The Bertz CT molecular complexity index is 297. The first kappa shape index (κ1) is 12.2. The van der Waals surface area contributed by atoms with E-state index in [0.29, 0.717) is 17.7 Å². The molecule has 3 nitrogen and oxygen atoms in total. The Morgan fingerprint density at radius 3 is 1.93 bits per heavy atom. The summed E-state index contributed by atoms with van der Waals surface area (Å²) in [6, 6.07) is 1.19. The second-order valence-corrected chi connectivity index (χ2v) is 7.91. The Hall–Kier alpha value is -0.903. The van der Waals surface area contributed by atoms with Crippen LogP contribution in [-0.4, -0.2) is 32.1 Å². The second-order valence-electron chi connectivity index (χ2n) is 4.55. The summed E-state index contributed by atoms with van der Waals surface area (Å²) in [6.45, 7) is 8.61. The van der Waals surface area contributed by atoms with Gasteiger partial charge in [-0.15, -0.1) is 0 Å². The minimum absolute atomic E-state index is 0.0945. The van der Waals surface area contributed by atoms with Crippen LogP contribution in [0.2, 0.25) is 19.1 Å². The molecule has 0 aromatic carbocycles. The lowest BCUT2D eigenvalue weighted by Crippen LogP contribution is -2.32. The largest absolute Gasteiger partial charge is 0.275 e. The molecule has 0 aromatic rings. The van der Waals surface area contributed by atoms with E-state index in [2.05, 4.69) is 13.1 Å². The van der Waals surface area contributed by atoms with E-state index in [0.717, 1.165) is 6.42 Å². The quantitative estimate of drug-likeness (QED) is 0.538. The fourth-order valence-electron chi connectivity index (χ4n) is 1.68. The van der Waals surface area contributed by atoms with Gasteiger partial charge in [0.1, 0.15) is 0 Å². The molecule has 0 aliphatic carbocycles. The molecule has 1 aliphatic heterocycles. The number of hydrogen-bond acceptors (Lipinski definition) is 2. The van der Waals surface area contributed by atoms with Gasteiger partial charge in [-0.3, -0.25) is 14.5 Å². The topological polar surface area (TPSA) is 37.4 Å². The zero-order chi connectivity index (χ0) is 11.6. The van der Waals surface area contributed by atoms with Crippen molar-refractivity contribution >= 4 is 20.6 Å². The summed E-state index contributed by atoms with van der Waals surface area (Å²) in [4.78, 5) is 24.7. The minimum atomic E-state index is -0.566. The van der Waals surface area contributed by atoms with Gasteiger partial charge in [-0.25, -0.2) is 0 Å². The van der Waals surface area contributed by atoms with Gasteiger partial charge in [-0.2, -0.15) is 0 Å². The number of carbonyl (C=O) groups excluding carboxylic acids is 2. The first-order valence-electron chi connectivity index (χ1n) is 5.48. The fourth-order valence-corrected chi connectivity index (χ4v) is 2.68. The molecule has 0 fully saturated rings. The highest BCUT2D eigenvalue weighted by atomic mass is 28.3. The monoisotopic (exact) mass is 225 g/mol. The first-order valence-corrected chi connectivity index (χ1v) is 8.61. The van der Waals surface area contributed by atoms with E-state index >= 15 is 0 Å². The third-order valence-electron chi connectivity index (χ3n) is 2.86. The van der Waals surface area contributed by atoms with Gasteiger partial charge in [0.2, 0.25) is 0 Å². The lowest BCUT2D eigenvalue weighted by atomic mass is 10.2. The van der Waals surface area contributed by atoms with Crippen LogP contribution in [0.1, 0.15) is 20.3 Å². The molecular formula is C11H19NO2Si. The van der Waals surface area contributed by atoms with E-state index in [-0.39, 0.29) is 11.8 Å². The maximum Gasteiger partial charge on any atom is 0.256 e. The highest BCUT2D eigenvalue weighted by molar-refractivity contribution is 6.55. The molecule has 1 aliphatic rings. The number of hydrogen-bond donors (Lipinski definition) is 0. The predicted octanol–water partition coefficient (Wildman–Crippen LogP) is 1.57. The van der Waals surface area contributed by atoms with Crippen molar-refractivity contribution in [1.82, 2.24) is 4.90 Å². The van der Waals surface area contributed by atoms with Crippen LogP contribution in [0.15, 0.2) is 11.1 Å². The molecule has 4 heteroatoms. The van der Waals surface area contributed by atoms with Crippen molar-refractivity contribution in [2.45, 2.75) is 39.4 Å². The highest BCUT2D eigenvalue weighted by Crippen LogP contribution is 2.20. The van der Waals surface area contributed by atoms with Crippen LogP contribution < -0.4 is 0 Å². The lowest BCUT2D eigenvalue weighted by molar-refractivity contribution is -0.137. The summed E-state index contributed by atoms with van der Waals surface area (Å²) in [5.74, 6) is -0.189. The van der Waals surface area contributed by atoms with Crippen LogP contribution in [0, 0.1) is 0 Å². The number of amides is 2. The summed E-state index contributed by atoms with van der Waals surface area (Å²) < 4.78 is 0. The molecule has 0 radical (unpaired) electrons. The van der Waals surface area contributed by atoms with Crippen LogP contribution in [-0.2, 0) is 9.59 Å². The van der Waals surface area contributed by atoms with Crippen molar-refractivity contribution in [3.8, 4) is 0 Å². The number of imide groups is 1. The molecule has 1 heterocycles. The van der Waals surface area contributed by atoms with Gasteiger partial charge in [0.05, 0.1) is 0 Å². The molecule has 15 heavy (non-hydrogen) atoms. The van der Waals surface area contributed by atoms with Gasteiger partial charge in [0, 0.05) is 26.5 Å². The van der Waals surface area contributed by atoms with Gasteiger partial charge >= 0.3 is 0 Å². The maximum absolute atomic E-state index is 11.7. The Kier molecular flexibility index (Phi) is 3.85. The molecule has 2 amide bonds. The van der Waals surface area contributed by atoms with Crippen molar-refractivity contribution in [2.24, 2.45) is 0 Å². The van der Waals surface area contributed by atoms with Crippen LogP contribution in [0.4, 0.5) is 0 Å². The molecule has 0 unspecified atom stereocenters. The van der Waals surface area contributed by atoms with Crippen LogP contribution in [0.3, 0.4) is 0 Å². The van der Waals surface area contributed by atoms with Crippen molar-refractivity contribution < 1.29 is 9.59 Å². The summed E-state index contributed by atoms with van der Waals surface area (Å²) in [6.07, 6.45) is 0.960. The van der Waals surface area contributed by atoms with E-state index in [1.807, 2.05) is 0 Å². The predicted molar refractivity (Wildman–Crippen MR) is 63.4 cm³/mol. The zero-order valence-electron chi connectivity index (χ0n) is 9.96. The molecule has 0 aromatic heterocycles. The lowest BCUT2D eigenvalue weighted by Gasteiger charge is -2.14. The smallest absolute Gasteiger partial charge is 0.256 e. The zero-order valence-corrected chi connectivity index (χ0v) is 11.1. The average molecular weight is 225 g/mol. The minimum Gasteiger partial charge on any atom is -0.275 e. The van der Waals surface area contributed by atoms with Crippen molar-refractivity contribution in [2.75, 3.05) is 6.54 Å². The third-order valence-corrected chi connectivity index (χ3v) is 4.42. The van der Waals surface area contributed by atoms with Crippen LogP contribution in [0.5, 0.6) is 0 Å². The average Bonchev–Trinajstić information content (AvgIpc) is 2.34. The SMILES string of the molecule is CC1=C(C)C(=O)N(CCC[SiH](C)C)C1=O. The molecule has 84 valence electrons. The molecule has 0 N–H and O–H groups in total. The van der Waals surface area contributed by atoms with Gasteiger partial charge < -0.3 is 0 Å². The number of rotatable bonds is 4. The Labute approximate surface area is 92.8 Å². The van der Waals surface area contributed by atoms with Crippen molar-refractivity contribution in [3.05, 3.63) is 11.1 Å². The van der Waals surface area contributed by atoms with E-state index in [9.17, 15) is 9.59 Å². The standard InChI is InChI=1S/C11H19NO2Si/c1-8-9(2)11(14)12(10(8)13)6-5-7-15(3)4/h15H,5-7H2,1-4H3. The molecule has 0 bridgehead atoms. The maximum atomic E-state index is 11.7. The summed E-state index contributed by atoms with van der Waals surface area (Å²) in [5.41, 5.74) is 1.23. The van der Waals surface area contributed by atoms with E-state index in [1.165, 1.54) is 10.9 Å². The van der Waals surface area contributed by atoms with E-state index in [4.69, 9.17) is 0 Å². The molecule has 1 rings (SSSR count). The highest BCUT2D eigenvalue weighted by Gasteiger charge is 2.32. The second kappa shape index (κ2) is 4.75. The number of nitrogens with zero attached hydrogens (tertiary/aromatic N) is 1. The van der Waals surface area contributed by atoms with E-state index < -0.39 is 8.80 Å². The summed E-state index contributed by atoms with van der Waals surface area (Å²) in [7, 11) is -0.566. The Morgan fingerprint density at radius 1 is 1.07 bits per heavy atom. The summed E-state index contributed by atoms with van der Waals surface area (Å²) in [5, 5.41) is 0. The fraction of sp³-hybridized carbons (Fsp3) is 0.636. The normalized spacial score (nSPS) is 17.3. The molecule has 0 atom stereocenters. The first-order chi connectivity index (χ1) is 6.95. The van der Waals surface area contributed by atoms with Crippen LogP contribution >= 0.6 is 0 Å². The Morgan fingerprint density at radius 2 is 1.53 bits per heavy atom. The molecule has 0 spiro atoms. The van der Waals surface area contributed by atoms with Crippen molar-refractivity contribution in [3.63, 3.8) is 0 Å². The molecule has 0 saturated heterocycles. The summed E-state index contributed by atoms with van der Waals surface area (Å²) >= 11 is 0. The van der Waals surface area contributed by atoms with Gasteiger partial charge in [0.15, 0.2) is 0 Å². The molecule has 0 saturated carbocycles. The molecular weight excluding hydrogens is 206 g/mol. The third kappa shape index (κ3) is 2.56. The van der Waals surface area contributed by atoms with E-state index in [1.54, 1.807) is 13.8 Å².